The standard InChI is InChI=1S/C3H4Cl2O2/c4-2(6)1-3(5)7-1/h1-3,6H. The van der Waals surface area contributed by atoms with E-state index in [0.29, 0.717) is 0 Å². The quantitative estimate of drug-likeness (QED) is 0.428. The number of hydrogen-bond acceptors (Lipinski definition) is 2. The van der Waals surface area contributed by atoms with E-state index in [-0.39, 0.29) is 11.7 Å². The molecule has 7 heavy (non-hydrogen) atoms. The van der Waals surface area contributed by atoms with Crippen molar-refractivity contribution in [2.75, 3.05) is 0 Å². The first-order chi connectivity index (χ1) is 3.22. The summed E-state index contributed by atoms with van der Waals surface area (Å²) in [4.78, 5) is 0. The predicted octanol–water partition coefficient (Wildman–Crippen LogP) is 0.507. The molecule has 1 aliphatic rings. The van der Waals surface area contributed by atoms with Crippen LogP contribution in [0, 0.1) is 0 Å². The second-order valence-corrected chi connectivity index (χ2v) is 2.20. The van der Waals surface area contributed by atoms with Crippen LogP contribution in [0.4, 0.5) is 0 Å². The third-order valence-electron chi connectivity index (χ3n) is 0.740. The number of hydrogen-bond donors (Lipinski definition) is 1. The fourth-order valence-corrected chi connectivity index (χ4v) is 0.817. The van der Waals surface area contributed by atoms with E-state index < -0.39 is 5.56 Å². The van der Waals surface area contributed by atoms with Gasteiger partial charge in [0.25, 0.3) is 0 Å². The van der Waals surface area contributed by atoms with Crippen LogP contribution in [0.1, 0.15) is 0 Å². The molecule has 1 N–H and O–H groups in total. The number of aliphatic hydroxyl groups is 1. The van der Waals surface area contributed by atoms with E-state index in [2.05, 4.69) is 4.74 Å². The van der Waals surface area contributed by atoms with E-state index in [1.807, 2.05) is 0 Å². The van der Waals surface area contributed by atoms with Crippen molar-refractivity contribution in [2.45, 2.75) is 17.2 Å². The summed E-state index contributed by atoms with van der Waals surface area (Å²) >= 11 is 10.4. The Bertz CT molecular complexity index is 75.3. The molecule has 1 rings (SSSR count). The molecule has 0 radical (unpaired) electrons. The molecule has 0 spiro atoms. The normalized spacial score (nSPS) is 43.3. The average molecular weight is 143 g/mol. The number of halogens is 2. The molecule has 0 aromatic heterocycles. The van der Waals surface area contributed by atoms with Crippen LogP contribution in [0.3, 0.4) is 0 Å². The Morgan fingerprint density at radius 1 is 1.71 bits per heavy atom. The van der Waals surface area contributed by atoms with Crippen LogP contribution in [0.2, 0.25) is 0 Å². The van der Waals surface area contributed by atoms with Gasteiger partial charge in [-0.05, 0) is 0 Å². The summed E-state index contributed by atoms with van der Waals surface area (Å²) in [5.74, 6) is 0. The molecule has 2 nitrogen and oxygen atoms in total. The zero-order valence-electron chi connectivity index (χ0n) is 3.34. The highest BCUT2D eigenvalue weighted by Gasteiger charge is 2.42. The lowest BCUT2D eigenvalue weighted by molar-refractivity contribution is 0.206. The largest absolute Gasteiger partial charge is 0.375 e. The molecule has 42 valence electrons. The summed E-state index contributed by atoms with van der Waals surface area (Å²) in [5, 5.41) is 8.42. The van der Waals surface area contributed by atoms with Gasteiger partial charge in [-0.3, -0.25) is 0 Å². The maximum absolute atomic E-state index is 8.42. The van der Waals surface area contributed by atoms with Gasteiger partial charge in [-0.1, -0.05) is 23.2 Å². The van der Waals surface area contributed by atoms with Crippen LogP contribution in [-0.4, -0.2) is 22.3 Å². The lowest BCUT2D eigenvalue weighted by Gasteiger charge is -1.88. The van der Waals surface area contributed by atoms with Crippen molar-refractivity contribution >= 4 is 23.2 Å². The Balaban J connectivity index is 2.20. The fourth-order valence-electron chi connectivity index (χ4n) is 0.294. The van der Waals surface area contributed by atoms with E-state index >= 15 is 0 Å². The maximum atomic E-state index is 8.42. The summed E-state index contributed by atoms with van der Waals surface area (Å²) in [5.41, 5.74) is -1.31. The number of alkyl halides is 2. The highest BCUT2D eigenvalue weighted by Crippen LogP contribution is 2.29. The Kier molecular flexibility index (Phi) is 1.44. The minimum absolute atomic E-state index is 0.344. The third-order valence-corrected chi connectivity index (χ3v) is 1.34. The molecule has 1 fully saturated rings. The molecule has 3 atom stereocenters. The first kappa shape index (κ1) is 5.63. The molecule has 1 aliphatic heterocycles. The monoisotopic (exact) mass is 142 g/mol. The first-order valence-electron chi connectivity index (χ1n) is 1.83. The molecule has 1 heterocycles. The molecule has 0 aliphatic carbocycles. The van der Waals surface area contributed by atoms with Crippen LogP contribution in [-0.2, 0) is 4.74 Å². The minimum Gasteiger partial charge on any atom is -0.375 e. The Morgan fingerprint density at radius 2 is 2.14 bits per heavy atom. The van der Waals surface area contributed by atoms with Crippen molar-refractivity contribution in [1.29, 1.82) is 0 Å². The van der Waals surface area contributed by atoms with Crippen molar-refractivity contribution in [3.63, 3.8) is 0 Å². The van der Waals surface area contributed by atoms with Crippen LogP contribution in [0.25, 0.3) is 0 Å². The van der Waals surface area contributed by atoms with Gasteiger partial charge >= 0.3 is 0 Å². The summed E-state index contributed by atoms with van der Waals surface area (Å²) in [6.45, 7) is 0. The lowest BCUT2D eigenvalue weighted by Crippen LogP contribution is -2.05. The average Bonchev–Trinajstić information content (AvgIpc) is 2.17. The van der Waals surface area contributed by atoms with Gasteiger partial charge in [-0.2, -0.15) is 0 Å². The van der Waals surface area contributed by atoms with Crippen molar-refractivity contribution in [3.05, 3.63) is 0 Å². The van der Waals surface area contributed by atoms with Gasteiger partial charge in [0.1, 0.15) is 6.10 Å². The minimum atomic E-state index is -0.942. The van der Waals surface area contributed by atoms with Gasteiger partial charge in [0.15, 0.2) is 11.1 Å². The fraction of sp³-hybridized carbons (Fsp3) is 1.00. The zero-order chi connectivity index (χ0) is 5.44. The van der Waals surface area contributed by atoms with Crippen molar-refractivity contribution in [3.8, 4) is 0 Å². The predicted molar refractivity (Wildman–Crippen MR) is 26.4 cm³/mol. The summed E-state index contributed by atoms with van der Waals surface area (Å²) in [6.07, 6.45) is -0.344. The molecule has 0 aromatic carbocycles. The Morgan fingerprint density at radius 3 is 2.14 bits per heavy atom. The number of rotatable bonds is 1. The second kappa shape index (κ2) is 1.78. The van der Waals surface area contributed by atoms with Gasteiger partial charge in [0.2, 0.25) is 0 Å². The number of ether oxygens (including phenoxy) is 1. The van der Waals surface area contributed by atoms with Crippen LogP contribution < -0.4 is 0 Å². The summed E-state index contributed by atoms with van der Waals surface area (Å²) in [7, 11) is 0. The topological polar surface area (TPSA) is 32.8 Å². The van der Waals surface area contributed by atoms with E-state index in [0.717, 1.165) is 0 Å². The zero-order valence-corrected chi connectivity index (χ0v) is 4.86. The van der Waals surface area contributed by atoms with Crippen molar-refractivity contribution in [2.24, 2.45) is 0 Å². The summed E-state index contributed by atoms with van der Waals surface area (Å²) in [6, 6.07) is 0. The summed E-state index contributed by atoms with van der Waals surface area (Å²) < 4.78 is 4.56. The molecule has 0 aromatic rings. The number of aliphatic hydroxyl groups excluding tert-OH is 1. The van der Waals surface area contributed by atoms with Crippen LogP contribution in [0.15, 0.2) is 0 Å². The Labute approximate surface area is 51.0 Å². The van der Waals surface area contributed by atoms with E-state index in [4.69, 9.17) is 28.3 Å². The lowest BCUT2D eigenvalue weighted by atomic mass is 10.5. The van der Waals surface area contributed by atoms with Gasteiger partial charge in [0.05, 0.1) is 0 Å². The first-order valence-corrected chi connectivity index (χ1v) is 2.71. The van der Waals surface area contributed by atoms with Crippen LogP contribution in [0.5, 0.6) is 0 Å². The molecule has 3 unspecified atom stereocenters. The maximum Gasteiger partial charge on any atom is 0.161 e. The highest BCUT2D eigenvalue weighted by molar-refractivity contribution is 6.24. The molecule has 0 bridgehead atoms. The molecule has 4 heteroatoms. The van der Waals surface area contributed by atoms with Gasteiger partial charge < -0.3 is 9.84 Å². The molecular formula is C3H4Cl2O2. The third kappa shape index (κ3) is 1.19. The molecule has 0 saturated carbocycles. The highest BCUT2D eigenvalue weighted by atomic mass is 35.5. The van der Waals surface area contributed by atoms with E-state index in [1.54, 1.807) is 0 Å². The van der Waals surface area contributed by atoms with E-state index in [9.17, 15) is 0 Å². The second-order valence-electron chi connectivity index (χ2n) is 1.32. The SMILES string of the molecule is OC(Cl)C1OC1Cl. The van der Waals surface area contributed by atoms with Gasteiger partial charge in [-0.15, -0.1) is 0 Å². The molecular weight excluding hydrogens is 139 g/mol. The Hall–Kier alpha value is 0.500. The molecule has 0 amide bonds. The molecule has 1 saturated heterocycles. The van der Waals surface area contributed by atoms with Crippen molar-refractivity contribution < 1.29 is 9.84 Å². The van der Waals surface area contributed by atoms with Gasteiger partial charge in [0, 0.05) is 0 Å². The van der Waals surface area contributed by atoms with Gasteiger partial charge in [-0.25, -0.2) is 0 Å². The smallest absolute Gasteiger partial charge is 0.161 e. The van der Waals surface area contributed by atoms with Crippen LogP contribution >= 0.6 is 23.2 Å². The number of epoxide rings is 1. The van der Waals surface area contributed by atoms with Crippen molar-refractivity contribution in [1.82, 2.24) is 0 Å². The van der Waals surface area contributed by atoms with E-state index in [1.165, 1.54) is 0 Å².